The molecule has 1 aromatic heterocycles. The van der Waals surface area contributed by atoms with Gasteiger partial charge in [0.05, 0.1) is 22.6 Å². The molecule has 1 aliphatic heterocycles. The van der Waals surface area contributed by atoms with E-state index in [2.05, 4.69) is 10.4 Å². The molecule has 2 heterocycles. The van der Waals surface area contributed by atoms with Crippen LogP contribution >= 0.6 is 11.6 Å². The predicted octanol–water partition coefficient (Wildman–Crippen LogP) is 3.63. The maximum Gasteiger partial charge on any atom is 0.244 e. The van der Waals surface area contributed by atoms with Crippen LogP contribution in [0, 0.1) is 5.82 Å². The van der Waals surface area contributed by atoms with Gasteiger partial charge in [-0.3, -0.25) is 19.2 Å². The first-order valence-corrected chi connectivity index (χ1v) is 13.9. The lowest BCUT2D eigenvalue weighted by Crippen LogP contribution is -2.40. The van der Waals surface area contributed by atoms with Crippen molar-refractivity contribution in [3.05, 3.63) is 88.7 Å². The van der Waals surface area contributed by atoms with Crippen LogP contribution in [0.25, 0.3) is 11.3 Å². The first kappa shape index (κ1) is 27.3. The van der Waals surface area contributed by atoms with Gasteiger partial charge in [0.2, 0.25) is 21.8 Å². The van der Waals surface area contributed by atoms with Crippen LogP contribution in [-0.2, 0) is 39.7 Å². The minimum absolute atomic E-state index is 0.0641. The summed E-state index contributed by atoms with van der Waals surface area (Å²) in [5.41, 5.74) is 2.18. The molecule has 0 radical (unpaired) electrons. The highest BCUT2D eigenvalue weighted by Gasteiger charge is 2.32. The summed E-state index contributed by atoms with van der Waals surface area (Å²) in [7, 11) is -2.31. The van der Waals surface area contributed by atoms with Crippen LogP contribution in [0.3, 0.4) is 0 Å². The van der Waals surface area contributed by atoms with Gasteiger partial charge in [-0.1, -0.05) is 35.9 Å². The second kappa shape index (κ2) is 10.7. The van der Waals surface area contributed by atoms with Gasteiger partial charge in [-0.05, 0) is 48.0 Å². The van der Waals surface area contributed by atoms with Gasteiger partial charge in [0.1, 0.15) is 24.7 Å². The molecule has 4 aromatic rings. The number of carbonyl (C=O) groups excluding carboxylic acids is 2. The fourth-order valence-electron chi connectivity index (χ4n) is 4.48. The lowest BCUT2D eigenvalue weighted by molar-refractivity contribution is -0.121. The van der Waals surface area contributed by atoms with E-state index in [0.29, 0.717) is 27.6 Å². The van der Waals surface area contributed by atoms with Gasteiger partial charge in [0.25, 0.3) is 0 Å². The number of primary sulfonamides is 1. The molecule has 5 rings (SSSR count). The molecule has 0 unspecified atom stereocenters. The second-order valence-electron chi connectivity index (χ2n) is 9.07. The number of sulfonamides is 1. The Morgan fingerprint density at radius 2 is 1.93 bits per heavy atom. The van der Waals surface area contributed by atoms with E-state index < -0.39 is 34.2 Å². The van der Waals surface area contributed by atoms with Crippen molar-refractivity contribution in [2.24, 2.45) is 12.2 Å². The van der Waals surface area contributed by atoms with E-state index in [4.69, 9.17) is 21.5 Å². The van der Waals surface area contributed by atoms with Crippen molar-refractivity contribution in [1.82, 2.24) is 9.78 Å². The summed E-state index contributed by atoms with van der Waals surface area (Å²) in [5, 5.41) is 12.8. The largest absolute Gasteiger partial charge is 0.488 e. The summed E-state index contributed by atoms with van der Waals surface area (Å²) in [6.07, 6.45) is -0.338. The van der Waals surface area contributed by atoms with Crippen molar-refractivity contribution in [3.63, 3.8) is 0 Å². The van der Waals surface area contributed by atoms with Crippen molar-refractivity contribution in [1.29, 1.82) is 0 Å². The molecule has 0 bridgehead atoms. The van der Waals surface area contributed by atoms with E-state index >= 15 is 0 Å². The average Bonchev–Trinajstić information content (AvgIpc) is 3.24. The summed E-state index contributed by atoms with van der Waals surface area (Å²) in [6.45, 7) is -0.437. The number of ether oxygens (including phenoxy) is 1. The number of benzene rings is 3. The summed E-state index contributed by atoms with van der Waals surface area (Å²) in [6, 6.07) is 16.4. The smallest absolute Gasteiger partial charge is 0.244 e. The van der Waals surface area contributed by atoms with Crippen molar-refractivity contribution in [2.75, 3.05) is 16.8 Å². The van der Waals surface area contributed by atoms with E-state index in [-0.39, 0.29) is 35.0 Å². The van der Waals surface area contributed by atoms with E-state index in [1.807, 2.05) is 0 Å². The van der Waals surface area contributed by atoms with Gasteiger partial charge >= 0.3 is 0 Å². The number of amides is 2. The van der Waals surface area contributed by atoms with Gasteiger partial charge in [0.15, 0.2) is 5.82 Å². The summed E-state index contributed by atoms with van der Waals surface area (Å²) in [5.74, 6) is -1.04. The average molecular weight is 584 g/mol. The quantitative estimate of drug-likeness (QED) is 0.341. The zero-order chi connectivity index (χ0) is 28.6. The topological polar surface area (TPSA) is 137 Å². The number of carbonyl (C=O) groups is 2. The number of fused-ring (bicyclic) bond motifs is 3. The Hall–Kier alpha value is -4.26. The molecule has 13 heteroatoms. The van der Waals surface area contributed by atoms with Crippen molar-refractivity contribution < 1.29 is 27.1 Å². The molecular formula is C27H23ClFN5O5S. The van der Waals surface area contributed by atoms with Crippen molar-refractivity contribution in [2.45, 2.75) is 17.9 Å². The zero-order valence-corrected chi connectivity index (χ0v) is 22.7. The Bertz CT molecular complexity index is 1760. The van der Waals surface area contributed by atoms with Gasteiger partial charge in [-0.25, -0.2) is 17.9 Å². The molecule has 1 aliphatic rings. The SMILES string of the molecule is Cn1nc(N(CC(=O)Nc2cccc(S(N)(=O)=O)c2)C(=O)Cc2ccccc2F)c2c1-c1cc(Cl)ccc1OC2. The number of rotatable bonds is 7. The van der Waals surface area contributed by atoms with Crippen LogP contribution < -0.4 is 20.1 Å². The van der Waals surface area contributed by atoms with Gasteiger partial charge in [-0.2, -0.15) is 5.10 Å². The maximum atomic E-state index is 14.4. The van der Waals surface area contributed by atoms with Crippen LogP contribution in [0.4, 0.5) is 15.9 Å². The highest BCUT2D eigenvalue weighted by Crippen LogP contribution is 2.42. The van der Waals surface area contributed by atoms with Crippen LogP contribution in [0.15, 0.2) is 71.6 Å². The standard InChI is InChI=1S/C27H23ClFN5O5S/c1-33-26-20-12-17(28)9-10-23(20)39-15-21(26)27(32-33)34(25(36)11-16-5-2-3-8-22(16)29)14-24(35)31-18-6-4-7-19(13-18)40(30,37)38/h2-10,12-13H,11,14-15H2,1H3,(H,31,35)(H2,30,37,38). The minimum Gasteiger partial charge on any atom is -0.488 e. The minimum atomic E-state index is -4.00. The molecule has 0 atom stereocenters. The molecule has 0 spiro atoms. The highest BCUT2D eigenvalue weighted by molar-refractivity contribution is 7.89. The number of hydrogen-bond donors (Lipinski definition) is 2. The number of aromatic nitrogens is 2. The third-order valence-corrected chi connectivity index (χ3v) is 7.44. The third-order valence-electron chi connectivity index (χ3n) is 6.30. The fraction of sp³-hybridized carbons (Fsp3) is 0.148. The number of nitrogens with zero attached hydrogens (tertiary/aromatic N) is 3. The van der Waals surface area contributed by atoms with Crippen LogP contribution in [-0.4, -0.2) is 36.6 Å². The molecule has 0 saturated carbocycles. The Balaban J connectivity index is 1.51. The second-order valence-corrected chi connectivity index (χ2v) is 11.1. The molecule has 40 heavy (non-hydrogen) atoms. The molecule has 206 valence electrons. The lowest BCUT2D eigenvalue weighted by Gasteiger charge is -2.24. The van der Waals surface area contributed by atoms with Crippen molar-refractivity contribution in [3.8, 4) is 17.0 Å². The molecule has 10 nitrogen and oxygen atoms in total. The van der Waals surface area contributed by atoms with Crippen LogP contribution in [0.2, 0.25) is 5.02 Å². The summed E-state index contributed by atoms with van der Waals surface area (Å²) >= 11 is 6.22. The predicted molar refractivity (Wildman–Crippen MR) is 147 cm³/mol. The summed E-state index contributed by atoms with van der Waals surface area (Å²) < 4.78 is 45.3. The van der Waals surface area contributed by atoms with Gasteiger partial charge in [0, 0.05) is 23.3 Å². The van der Waals surface area contributed by atoms with E-state index in [9.17, 15) is 22.4 Å². The van der Waals surface area contributed by atoms with Crippen molar-refractivity contribution >= 4 is 44.9 Å². The molecule has 2 amide bonds. The monoisotopic (exact) mass is 583 g/mol. The fourth-order valence-corrected chi connectivity index (χ4v) is 5.21. The molecule has 0 fully saturated rings. The molecule has 3 N–H and O–H groups in total. The lowest BCUT2D eigenvalue weighted by atomic mass is 10.0. The van der Waals surface area contributed by atoms with E-state index in [0.717, 1.165) is 4.90 Å². The Labute approximate surface area is 234 Å². The number of hydrogen-bond acceptors (Lipinski definition) is 6. The van der Waals surface area contributed by atoms with E-state index in [1.54, 1.807) is 36.0 Å². The maximum absolute atomic E-state index is 14.4. The number of nitrogens with two attached hydrogens (primary N) is 1. The molecule has 0 aliphatic carbocycles. The molecular weight excluding hydrogens is 561 g/mol. The highest BCUT2D eigenvalue weighted by atomic mass is 35.5. The summed E-state index contributed by atoms with van der Waals surface area (Å²) in [4.78, 5) is 27.7. The zero-order valence-electron chi connectivity index (χ0n) is 21.1. The Morgan fingerprint density at radius 3 is 2.67 bits per heavy atom. The van der Waals surface area contributed by atoms with Crippen LogP contribution in [0.1, 0.15) is 11.1 Å². The number of halogens is 2. The first-order valence-electron chi connectivity index (χ1n) is 12.0. The van der Waals surface area contributed by atoms with Gasteiger partial charge in [-0.15, -0.1) is 0 Å². The number of nitrogens with one attached hydrogen (secondary N) is 1. The van der Waals surface area contributed by atoms with E-state index in [1.165, 1.54) is 42.5 Å². The normalized spacial score (nSPS) is 12.2. The van der Waals surface area contributed by atoms with Gasteiger partial charge < -0.3 is 10.1 Å². The molecule has 3 aromatic carbocycles. The van der Waals surface area contributed by atoms with Crippen LogP contribution in [0.5, 0.6) is 5.75 Å². The molecule has 0 saturated heterocycles. The Morgan fingerprint density at radius 1 is 1.15 bits per heavy atom. The number of aryl methyl sites for hydroxylation is 1. The first-order chi connectivity index (χ1) is 19.0. The number of anilines is 2. The third kappa shape index (κ3) is 5.55. The Kier molecular flexibility index (Phi) is 7.32.